The second kappa shape index (κ2) is 6.78. The van der Waals surface area contributed by atoms with Crippen LogP contribution in [0.25, 0.3) is 11.2 Å². The predicted octanol–water partition coefficient (Wildman–Crippen LogP) is 0.542. The number of carbonyl (C=O) groups is 1. The SMILES string of the molecule is C#C[C@]1(COC(=O)OCC)O[C@@H](n2cnc3c(N)nc(C)nc32)C[C@@H]1O. The number of nitrogens with two attached hydrogens (primary N) is 1. The molecule has 1 aliphatic rings. The van der Waals surface area contributed by atoms with Crippen LogP contribution in [-0.4, -0.2) is 55.7 Å². The molecule has 0 aliphatic carbocycles. The molecule has 138 valence electrons. The van der Waals surface area contributed by atoms with Gasteiger partial charge in [-0.15, -0.1) is 6.42 Å². The molecular weight excluding hydrogens is 342 g/mol. The molecule has 0 amide bonds. The molecule has 3 rings (SSSR count). The molecule has 26 heavy (non-hydrogen) atoms. The highest BCUT2D eigenvalue weighted by Crippen LogP contribution is 2.38. The van der Waals surface area contributed by atoms with E-state index in [0.717, 1.165) is 0 Å². The van der Waals surface area contributed by atoms with Crippen molar-refractivity contribution in [1.29, 1.82) is 0 Å². The first kappa shape index (κ1) is 17.9. The lowest BCUT2D eigenvalue weighted by molar-refractivity contribution is -0.0977. The molecule has 1 aliphatic heterocycles. The molecule has 0 spiro atoms. The fraction of sp³-hybridized carbons (Fsp3) is 0.500. The Balaban J connectivity index is 1.86. The molecule has 0 aromatic carbocycles. The number of nitrogens with zero attached hydrogens (tertiary/aromatic N) is 4. The maximum atomic E-state index is 11.4. The molecule has 10 heteroatoms. The summed E-state index contributed by atoms with van der Waals surface area (Å²) in [5.41, 5.74) is 5.26. The van der Waals surface area contributed by atoms with Gasteiger partial charge in [0.15, 0.2) is 17.1 Å². The number of carbonyl (C=O) groups excluding carboxylic acids is 1. The van der Waals surface area contributed by atoms with Gasteiger partial charge >= 0.3 is 6.16 Å². The number of aromatic nitrogens is 4. The van der Waals surface area contributed by atoms with E-state index in [1.54, 1.807) is 18.4 Å². The Hall–Kier alpha value is -2.90. The van der Waals surface area contributed by atoms with Crippen LogP contribution in [-0.2, 0) is 14.2 Å². The number of anilines is 1. The topological polar surface area (TPSA) is 135 Å². The Morgan fingerprint density at radius 3 is 3.04 bits per heavy atom. The van der Waals surface area contributed by atoms with Crippen molar-refractivity contribution in [3.8, 4) is 12.3 Å². The number of rotatable bonds is 4. The second-order valence-corrected chi connectivity index (χ2v) is 5.81. The van der Waals surface area contributed by atoms with Crippen molar-refractivity contribution in [3.63, 3.8) is 0 Å². The molecule has 0 unspecified atom stereocenters. The molecule has 3 heterocycles. The van der Waals surface area contributed by atoms with Gasteiger partial charge in [-0.3, -0.25) is 4.57 Å². The van der Waals surface area contributed by atoms with Crippen molar-refractivity contribution in [2.75, 3.05) is 18.9 Å². The van der Waals surface area contributed by atoms with E-state index < -0.39 is 24.1 Å². The van der Waals surface area contributed by atoms with Gasteiger partial charge in [0.1, 0.15) is 30.3 Å². The molecule has 2 aromatic rings. The number of fused-ring (bicyclic) bond motifs is 1. The Kier molecular flexibility index (Phi) is 4.67. The summed E-state index contributed by atoms with van der Waals surface area (Å²) in [4.78, 5) is 24.0. The number of hydrogen-bond donors (Lipinski definition) is 2. The molecule has 0 saturated carbocycles. The zero-order valence-corrected chi connectivity index (χ0v) is 14.4. The Morgan fingerprint density at radius 2 is 2.35 bits per heavy atom. The van der Waals surface area contributed by atoms with E-state index in [-0.39, 0.29) is 25.5 Å². The van der Waals surface area contributed by atoms with Gasteiger partial charge in [-0.25, -0.2) is 19.7 Å². The lowest BCUT2D eigenvalue weighted by Crippen LogP contribution is -2.43. The number of terminal acetylenes is 1. The lowest BCUT2D eigenvalue weighted by atomic mass is 9.99. The first-order chi connectivity index (χ1) is 12.4. The highest BCUT2D eigenvalue weighted by atomic mass is 16.7. The Labute approximate surface area is 149 Å². The quantitative estimate of drug-likeness (QED) is 0.591. The summed E-state index contributed by atoms with van der Waals surface area (Å²) in [5.74, 6) is 3.12. The third kappa shape index (κ3) is 3.02. The predicted molar refractivity (Wildman–Crippen MR) is 89.8 cm³/mol. The number of nitrogen functional groups attached to an aromatic ring is 1. The fourth-order valence-electron chi connectivity index (χ4n) is 2.81. The van der Waals surface area contributed by atoms with Gasteiger partial charge in [0, 0.05) is 6.42 Å². The summed E-state index contributed by atoms with van der Waals surface area (Å²) in [6.45, 7) is 3.17. The maximum absolute atomic E-state index is 11.4. The molecule has 10 nitrogen and oxygen atoms in total. The van der Waals surface area contributed by atoms with Gasteiger partial charge < -0.3 is 25.1 Å². The summed E-state index contributed by atoms with van der Waals surface area (Å²) >= 11 is 0. The number of aliphatic hydroxyl groups is 1. The molecule has 0 bridgehead atoms. The van der Waals surface area contributed by atoms with Crippen molar-refractivity contribution in [1.82, 2.24) is 19.5 Å². The third-order valence-corrected chi connectivity index (χ3v) is 4.09. The minimum Gasteiger partial charge on any atom is -0.435 e. The summed E-state index contributed by atoms with van der Waals surface area (Å²) in [5, 5.41) is 10.4. The van der Waals surface area contributed by atoms with Crippen LogP contribution in [0.4, 0.5) is 10.6 Å². The molecule has 2 aromatic heterocycles. The molecule has 1 fully saturated rings. The number of aryl methyl sites for hydroxylation is 1. The van der Waals surface area contributed by atoms with Crippen LogP contribution in [0.5, 0.6) is 0 Å². The number of aliphatic hydroxyl groups excluding tert-OH is 1. The average Bonchev–Trinajstić information content (AvgIpc) is 3.15. The van der Waals surface area contributed by atoms with Crippen LogP contribution in [0.1, 0.15) is 25.4 Å². The number of ether oxygens (including phenoxy) is 3. The van der Waals surface area contributed by atoms with Crippen molar-refractivity contribution in [2.24, 2.45) is 0 Å². The van der Waals surface area contributed by atoms with E-state index in [4.69, 9.17) is 26.4 Å². The molecular formula is C16H19N5O5. The average molecular weight is 361 g/mol. The van der Waals surface area contributed by atoms with E-state index in [2.05, 4.69) is 20.9 Å². The zero-order chi connectivity index (χ0) is 18.9. The van der Waals surface area contributed by atoms with E-state index in [9.17, 15) is 9.90 Å². The van der Waals surface area contributed by atoms with Crippen molar-refractivity contribution < 1.29 is 24.1 Å². The lowest BCUT2D eigenvalue weighted by Gasteiger charge is -2.25. The van der Waals surface area contributed by atoms with Crippen LogP contribution in [0.2, 0.25) is 0 Å². The van der Waals surface area contributed by atoms with E-state index in [1.807, 2.05) is 0 Å². The number of hydrogen-bond acceptors (Lipinski definition) is 9. The maximum Gasteiger partial charge on any atom is 0.508 e. The fourth-order valence-corrected chi connectivity index (χ4v) is 2.81. The largest absolute Gasteiger partial charge is 0.508 e. The van der Waals surface area contributed by atoms with Gasteiger partial charge in [-0.2, -0.15) is 0 Å². The second-order valence-electron chi connectivity index (χ2n) is 5.81. The standard InChI is InChI=1S/C16H19N5O5/c1-4-16(7-25-15(23)24-5-2)10(22)6-11(26-16)21-8-18-12-13(17)19-9(3)20-14(12)21/h1,8,10-11,22H,5-7H2,2-3H3,(H2,17,19,20)/t10-,11+,16+/m0/s1. The molecule has 0 radical (unpaired) electrons. The van der Waals surface area contributed by atoms with Gasteiger partial charge in [0.25, 0.3) is 0 Å². The van der Waals surface area contributed by atoms with Gasteiger partial charge in [0.05, 0.1) is 12.9 Å². The number of imidazole rings is 1. The summed E-state index contributed by atoms with van der Waals surface area (Å²) < 4.78 is 17.2. The van der Waals surface area contributed by atoms with Crippen LogP contribution in [0.3, 0.4) is 0 Å². The highest BCUT2D eigenvalue weighted by molar-refractivity contribution is 5.81. The summed E-state index contributed by atoms with van der Waals surface area (Å²) in [6, 6.07) is 0. The van der Waals surface area contributed by atoms with Gasteiger partial charge in [0.2, 0.25) is 0 Å². The Bertz CT molecular complexity index is 876. The third-order valence-electron chi connectivity index (χ3n) is 4.09. The first-order valence-corrected chi connectivity index (χ1v) is 8.00. The van der Waals surface area contributed by atoms with Crippen LogP contribution in [0, 0.1) is 19.3 Å². The smallest absolute Gasteiger partial charge is 0.435 e. The van der Waals surface area contributed by atoms with E-state index in [1.165, 1.54) is 6.33 Å². The molecule has 3 atom stereocenters. The van der Waals surface area contributed by atoms with Gasteiger partial charge in [-0.05, 0) is 13.8 Å². The van der Waals surface area contributed by atoms with Crippen LogP contribution in [0.15, 0.2) is 6.33 Å². The van der Waals surface area contributed by atoms with Gasteiger partial charge in [-0.1, -0.05) is 5.92 Å². The monoisotopic (exact) mass is 361 g/mol. The van der Waals surface area contributed by atoms with Crippen molar-refractivity contribution in [2.45, 2.75) is 38.2 Å². The van der Waals surface area contributed by atoms with Crippen LogP contribution < -0.4 is 5.73 Å². The molecule has 1 saturated heterocycles. The van der Waals surface area contributed by atoms with Crippen LogP contribution >= 0.6 is 0 Å². The summed E-state index contributed by atoms with van der Waals surface area (Å²) in [7, 11) is 0. The summed E-state index contributed by atoms with van der Waals surface area (Å²) in [6.07, 6.45) is 4.60. The normalized spacial score (nSPS) is 25.2. The van der Waals surface area contributed by atoms with Crippen molar-refractivity contribution >= 4 is 23.1 Å². The van der Waals surface area contributed by atoms with E-state index >= 15 is 0 Å². The minimum atomic E-state index is -1.50. The van der Waals surface area contributed by atoms with E-state index in [0.29, 0.717) is 17.0 Å². The Morgan fingerprint density at radius 1 is 1.58 bits per heavy atom. The first-order valence-electron chi connectivity index (χ1n) is 8.00. The zero-order valence-electron chi connectivity index (χ0n) is 14.4. The molecule has 3 N–H and O–H groups in total. The minimum absolute atomic E-state index is 0.158. The van der Waals surface area contributed by atoms with Crippen molar-refractivity contribution in [3.05, 3.63) is 12.2 Å². The highest BCUT2D eigenvalue weighted by Gasteiger charge is 2.49.